The van der Waals surface area contributed by atoms with E-state index in [-0.39, 0.29) is 17.7 Å². The number of ether oxygens (including phenoxy) is 1. The molecule has 0 spiro atoms. The number of carbonyl (C=O) groups excluding carboxylic acids is 2. The van der Waals surface area contributed by atoms with Crippen molar-refractivity contribution >= 4 is 34.0 Å². The van der Waals surface area contributed by atoms with Crippen LogP contribution in [0.2, 0.25) is 0 Å². The molecule has 0 fully saturated rings. The lowest BCUT2D eigenvalue weighted by Gasteiger charge is -2.28. The highest BCUT2D eigenvalue weighted by Gasteiger charge is 2.36. The number of nitro groups is 1. The highest BCUT2D eigenvalue weighted by molar-refractivity contribution is 7.16. The van der Waals surface area contributed by atoms with Crippen LogP contribution in [0, 0.1) is 10.1 Å². The highest BCUT2D eigenvalue weighted by atomic mass is 32.1. The van der Waals surface area contributed by atoms with E-state index in [4.69, 9.17) is 4.74 Å². The zero-order chi connectivity index (χ0) is 19.8. The molecule has 0 aliphatic carbocycles. The average molecular weight is 402 g/mol. The third-order valence-electron chi connectivity index (χ3n) is 4.81. The number of para-hydroxylation sites is 1. The molecule has 10 heteroatoms. The molecule has 146 valence electrons. The normalized spacial score (nSPS) is 17.8. The smallest absolute Gasteiger partial charge is 0.410 e. The van der Waals surface area contributed by atoms with Crippen LogP contribution in [0.5, 0.6) is 0 Å². The number of hydrogen-bond donors (Lipinski definition) is 2. The maximum atomic E-state index is 12.8. The maximum absolute atomic E-state index is 12.8. The predicted molar refractivity (Wildman–Crippen MR) is 102 cm³/mol. The first kappa shape index (κ1) is 18.2. The average Bonchev–Trinajstić information content (AvgIpc) is 3.06. The van der Waals surface area contributed by atoms with Crippen LogP contribution in [-0.4, -0.2) is 35.0 Å². The van der Waals surface area contributed by atoms with Crippen molar-refractivity contribution in [2.24, 2.45) is 0 Å². The first-order valence-corrected chi connectivity index (χ1v) is 9.68. The third kappa shape index (κ3) is 3.05. The van der Waals surface area contributed by atoms with Gasteiger partial charge in [0.25, 0.3) is 11.6 Å². The number of nitrogens with one attached hydrogen (secondary N) is 2. The summed E-state index contributed by atoms with van der Waals surface area (Å²) < 4.78 is 5.06. The van der Waals surface area contributed by atoms with Gasteiger partial charge in [-0.05, 0) is 25.0 Å². The minimum Gasteiger partial charge on any atom is -0.450 e. The minimum absolute atomic E-state index is 0.0569. The number of nitrogens with zero attached hydrogens (tertiary/aromatic N) is 2. The second kappa shape index (κ2) is 7.12. The van der Waals surface area contributed by atoms with E-state index in [1.807, 2.05) is 0 Å². The van der Waals surface area contributed by atoms with Gasteiger partial charge in [0.2, 0.25) is 0 Å². The molecule has 4 rings (SSSR count). The van der Waals surface area contributed by atoms with Crippen molar-refractivity contribution in [1.29, 1.82) is 0 Å². The van der Waals surface area contributed by atoms with E-state index in [2.05, 4.69) is 10.6 Å². The summed E-state index contributed by atoms with van der Waals surface area (Å²) in [6.45, 7) is 2.94. The maximum Gasteiger partial charge on any atom is 0.410 e. The first-order valence-electron chi connectivity index (χ1n) is 8.86. The van der Waals surface area contributed by atoms with Crippen LogP contribution in [0.25, 0.3) is 0 Å². The summed E-state index contributed by atoms with van der Waals surface area (Å²) in [5.41, 5.74) is 1.83. The molecule has 3 heterocycles. The van der Waals surface area contributed by atoms with E-state index in [1.54, 1.807) is 30.0 Å². The Balaban J connectivity index is 1.64. The Labute approximate surface area is 164 Å². The van der Waals surface area contributed by atoms with Gasteiger partial charge in [-0.2, -0.15) is 0 Å². The van der Waals surface area contributed by atoms with E-state index in [0.29, 0.717) is 42.2 Å². The number of anilines is 1. The molecule has 1 aromatic heterocycles. The summed E-state index contributed by atoms with van der Waals surface area (Å²) >= 11 is 1.40. The lowest BCUT2D eigenvalue weighted by molar-refractivity contribution is -0.385. The number of fused-ring (bicyclic) bond motifs is 3. The number of thiophene rings is 1. The summed E-state index contributed by atoms with van der Waals surface area (Å²) in [7, 11) is 0. The summed E-state index contributed by atoms with van der Waals surface area (Å²) in [5.74, 6) is -0.265. The van der Waals surface area contributed by atoms with Crippen molar-refractivity contribution in [3.8, 4) is 0 Å². The molecule has 2 aliphatic heterocycles. The lowest BCUT2D eigenvalue weighted by Crippen LogP contribution is -2.39. The van der Waals surface area contributed by atoms with Gasteiger partial charge in [-0.25, -0.2) is 4.79 Å². The van der Waals surface area contributed by atoms with Crippen LogP contribution in [0.4, 0.5) is 15.5 Å². The quantitative estimate of drug-likeness (QED) is 0.603. The van der Waals surface area contributed by atoms with Gasteiger partial charge in [0.15, 0.2) is 0 Å². The lowest BCUT2D eigenvalue weighted by atomic mass is 10.00. The predicted octanol–water partition coefficient (Wildman–Crippen LogP) is 3.03. The molecule has 2 N–H and O–H groups in total. The molecule has 2 aromatic rings. The second-order valence-corrected chi connectivity index (χ2v) is 7.55. The molecule has 1 aromatic carbocycles. The molecule has 0 radical (unpaired) electrons. The number of nitro benzene ring substituents is 1. The molecular weight excluding hydrogens is 384 g/mol. The fourth-order valence-corrected chi connectivity index (χ4v) is 4.83. The van der Waals surface area contributed by atoms with Gasteiger partial charge in [-0.1, -0.05) is 12.1 Å². The fourth-order valence-electron chi connectivity index (χ4n) is 3.54. The molecule has 9 nitrogen and oxygen atoms in total. The molecule has 0 saturated heterocycles. The van der Waals surface area contributed by atoms with Gasteiger partial charge < -0.3 is 20.3 Å². The molecular formula is C18H18N4O5S. The Morgan fingerprint density at radius 1 is 1.39 bits per heavy atom. The molecule has 2 aliphatic rings. The van der Waals surface area contributed by atoms with E-state index in [0.717, 1.165) is 10.4 Å². The Hall–Kier alpha value is -3.14. The van der Waals surface area contributed by atoms with Gasteiger partial charge in [0.05, 0.1) is 29.2 Å². The largest absolute Gasteiger partial charge is 0.450 e. The van der Waals surface area contributed by atoms with Crippen molar-refractivity contribution in [1.82, 2.24) is 10.2 Å². The van der Waals surface area contributed by atoms with Gasteiger partial charge in [-0.15, -0.1) is 11.3 Å². The van der Waals surface area contributed by atoms with Gasteiger partial charge in [0, 0.05) is 17.5 Å². The van der Waals surface area contributed by atoms with E-state index in [9.17, 15) is 19.7 Å². The number of benzene rings is 1. The van der Waals surface area contributed by atoms with Crippen molar-refractivity contribution in [3.05, 3.63) is 55.9 Å². The molecule has 0 bridgehead atoms. The van der Waals surface area contributed by atoms with Crippen LogP contribution in [0.15, 0.2) is 24.3 Å². The fraction of sp³-hybridized carbons (Fsp3) is 0.333. The third-order valence-corrected chi connectivity index (χ3v) is 5.95. The molecule has 0 unspecified atom stereocenters. The topological polar surface area (TPSA) is 114 Å². The van der Waals surface area contributed by atoms with E-state index < -0.39 is 11.1 Å². The standard InChI is InChI=1S/C18H18N4O5S/c1-2-27-18(24)21-8-7-11-13(9-21)28-17-14(11)16(23)19-15(20-17)10-5-3-4-6-12(10)22(25)26/h3-6,15,20H,2,7-9H2,1H3,(H,19,23)/t15-/m1/s1. The second-order valence-electron chi connectivity index (χ2n) is 6.45. The summed E-state index contributed by atoms with van der Waals surface area (Å²) in [6.07, 6.45) is -0.497. The van der Waals surface area contributed by atoms with Crippen LogP contribution in [0.3, 0.4) is 0 Å². The van der Waals surface area contributed by atoms with E-state index >= 15 is 0 Å². The van der Waals surface area contributed by atoms with Crippen LogP contribution in [0.1, 0.15) is 39.5 Å². The zero-order valence-corrected chi connectivity index (χ0v) is 15.9. The summed E-state index contributed by atoms with van der Waals surface area (Å²) in [6, 6.07) is 6.32. The van der Waals surface area contributed by atoms with Crippen molar-refractivity contribution in [2.45, 2.75) is 26.1 Å². The number of hydrogen-bond acceptors (Lipinski definition) is 7. The van der Waals surface area contributed by atoms with Crippen LogP contribution >= 0.6 is 11.3 Å². The Kier molecular flexibility index (Phi) is 4.63. The Morgan fingerprint density at radius 2 is 2.18 bits per heavy atom. The first-order chi connectivity index (χ1) is 13.5. The van der Waals surface area contributed by atoms with Crippen LogP contribution < -0.4 is 10.6 Å². The Bertz CT molecular complexity index is 973. The Morgan fingerprint density at radius 3 is 2.93 bits per heavy atom. The van der Waals surface area contributed by atoms with Gasteiger partial charge in [-0.3, -0.25) is 14.9 Å². The molecule has 28 heavy (non-hydrogen) atoms. The summed E-state index contributed by atoms with van der Waals surface area (Å²) in [5, 5.41) is 18.0. The number of amides is 2. The summed E-state index contributed by atoms with van der Waals surface area (Å²) in [4.78, 5) is 38.2. The molecule has 1 atom stereocenters. The van der Waals surface area contributed by atoms with Crippen LogP contribution in [-0.2, 0) is 17.7 Å². The molecule has 2 amide bonds. The van der Waals surface area contributed by atoms with Gasteiger partial charge in [0.1, 0.15) is 11.2 Å². The zero-order valence-electron chi connectivity index (χ0n) is 15.1. The highest BCUT2D eigenvalue weighted by Crippen LogP contribution is 2.41. The van der Waals surface area contributed by atoms with E-state index in [1.165, 1.54) is 17.4 Å². The SMILES string of the molecule is CCOC(=O)N1CCc2c(sc3c2C(=O)N[C@@H](c2ccccc2[N+](=O)[O-])N3)C1. The van der Waals surface area contributed by atoms with Crippen molar-refractivity contribution in [2.75, 3.05) is 18.5 Å². The van der Waals surface area contributed by atoms with Crippen molar-refractivity contribution < 1.29 is 19.2 Å². The minimum atomic E-state index is -0.692. The monoisotopic (exact) mass is 402 g/mol. The van der Waals surface area contributed by atoms with Gasteiger partial charge >= 0.3 is 6.09 Å². The number of rotatable bonds is 3. The number of carbonyl (C=O) groups is 2. The van der Waals surface area contributed by atoms with Crippen molar-refractivity contribution in [3.63, 3.8) is 0 Å². The molecule has 0 saturated carbocycles.